The largest absolute Gasteiger partial charge is 0.489 e. The van der Waals surface area contributed by atoms with Gasteiger partial charge in [-0.05, 0) is 42.2 Å². The molecule has 1 aliphatic heterocycles. The molecule has 0 aliphatic carbocycles. The highest BCUT2D eigenvalue weighted by atomic mass is 35.5. The van der Waals surface area contributed by atoms with E-state index in [1.54, 1.807) is 6.07 Å². The lowest BCUT2D eigenvalue weighted by Gasteiger charge is -2.29. The number of fused-ring (bicyclic) bond motifs is 3. The highest BCUT2D eigenvalue weighted by Gasteiger charge is 2.26. The van der Waals surface area contributed by atoms with Crippen molar-refractivity contribution < 1.29 is 9.53 Å². The molecule has 0 saturated carbocycles. The number of nitrogens with zero attached hydrogens (tertiary/aromatic N) is 3. The first-order chi connectivity index (χ1) is 13.6. The normalized spacial score (nSPS) is 12.8. The molecule has 0 spiro atoms. The van der Waals surface area contributed by atoms with Gasteiger partial charge in [0.25, 0.3) is 0 Å². The van der Waals surface area contributed by atoms with E-state index < -0.39 is 5.91 Å². The van der Waals surface area contributed by atoms with E-state index in [1.165, 1.54) is 11.2 Å². The topological polar surface area (TPSA) is 67.4 Å². The van der Waals surface area contributed by atoms with Crippen LogP contribution < -0.4 is 15.0 Å². The van der Waals surface area contributed by atoms with Gasteiger partial charge in [0.2, 0.25) is 0 Å². The summed E-state index contributed by atoms with van der Waals surface area (Å²) in [5, 5.41) is 4.78. The Morgan fingerprint density at radius 3 is 3.04 bits per heavy atom. The number of ether oxygens (including phenoxy) is 1. The second-order valence-corrected chi connectivity index (χ2v) is 6.76. The lowest BCUT2D eigenvalue weighted by atomic mass is 10.1. The van der Waals surface area contributed by atoms with Gasteiger partial charge in [-0.2, -0.15) is 0 Å². The van der Waals surface area contributed by atoms with Crippen LogP contribution in [0.2, 0.25) is 5.02 Å². The van der Waals surface area contributed by atoms with Crippen molar-refractivity contribution in [2.24, 2.45) is 0 Å². The van der Waals surface area contributed by atoms with Crippen LogP contribution >= 0.6 is 11.6 Å². The van der Waals surface area contributed by atoms with Crippen molar-refractivity contribution in [3.05, 3.63) is 52.8 Å². The zero-order valence-corrected chi connectivity index (χ0v) is 16.0. The summed E-state index contributed by atoms with van der Waals surface area (Å²) < 4.78 is 5.89. The summed E-state index contributed by atoms with van der Waals surface area (Å²) in [7, 11) is 0. The molecule has 1 amide bonds. The fourth-order valence-electron chi connectivity index (χ4n) is 3.27. The molecule has 6 nitrogen and oxygen atoms in total. The van der Waals surface area contributed by atoms with E-state index in [0.29, 0.717) is 47.9 Å². The molecule has 7 heteroatoms. The van der Waals surface area contributed by atoms with Gasteiger partial charge in [0.1, 0.15) is 18.8 Å². The second-order valence-electron chi connectivity index (χ2n) is 6.36. The zero-order valence-electron chi connectivity index (χ0n) is 15.2. The van der Waals surface area contributed by atoms with E-state index in [9.17, 15) is 4.79 Å². The number of carbonyl (C=O) groups is 1. The smallest absolute Gasteiger partial charge is 0.302 e. The number of benzene rings is 2. The van der Waals surface area contributed by atoms with E-state index in [1.807, 2.05) is 31.2 Å². The molecule has 3 aromatic rings. The van der Waals surface area contributed by atoms with Crippen LogP contribution in [0.3, 0.4) is 0 Å². The minimum atomic E-state index is -0.398. The molecule has 0 unspecified atom stereocenters. The molecule has 1 aromatic heterocycles. The van der Waals surface area contributed by atoms with Gasteiger partial charge in [0.15, 0.2) is 5.75 Å². The minimum Gasteiger partial charge on any atom is -0.489 e. The third-order valence-electron chi connectivity index (χ3n) is 4.78. The lowest BCUT2D eigenvalue weighted by molar-refractivity contribution is -0.113. The van der Waals surface area contributed by atoms with Crippen molar-refractivity contribution in [1.29, 1.82) is 0 Å². The predicted molar refractivity (Wildman–Crippen MR) is 110 cm³/mol. The molecule has 0 bridgehead atoms. The first kappa shape index (κ1) is 18.1. The van der Waals surface area contributed by atoms with Crippen LogP contribution in [0.1, 0.15) is 11.1 Å². The molecule has 0 atom stereocenters. The maximum Gasteiger partial charge on any atom is 0.302 e. The Balaban J connectivity index is 1.76. The third-order valence-corrected chi connectivity index (χ3v) is 5.19. The van der Waals surface area contributed by atoms with Crippen LogP contribution in [-0.2, 0) is 11.3 Å². The average Bonchev–Trinajstić information content (AvgIpc) is 2.73. The van der Waals surface area contributed by atoms with Crippen LogP contribution in [0.15, 0.2) is 36.7 Å². The molecule has 0 saturated heterocycles. The van der Waals surface area contributed by atoms with Crippen molar-refractivity contribution in [3.63, 3.8) is 0 Å². The molecule has 0 radical (unpaired) electrons. The lowest BCUT2D eigenvalue weighted by Crippen LogP contribution is -2.37. The van der Waals surface area contributed by atoms with Gasteiger partial charge in [-0.3, -0.25) is 9.69 Å². The van der Waals surface area contributed by atoms with Crippen LogP contribution in [0.4, 0.5) is 11.5 Å². The summed E-state index contributed by atoms with van der Waals surface area (Å²) in [6.07, 6.45) is 6.81. The summed E-state index contributed by atoms with van der Waals surface area (Å²) in [6, 6.07) is 9.42. The van der Waals surface area contributed by atoms with Crippen molar-refractivity contribution in [1.82, 2.24) is 9.97 Å². The van der Waals surface area contributed by atoms with E-state index in [4.69, 9.17) is 22.8 Å². The number of terminal acetylenes is 1. The molecule has 28 heavy (non-hydrogen) atoms. The number of rotatable bonds is 3. The predicted octanol–water partition coefficient (Wildman–Crippen LogP) is 3.56. The quantitative estimate of drug-likeness (QED) is 0.690. The Labute approximate surface area is 167 Å². The van der Waals surface area contributed by atoms with E-state index in [-0.39, 0.29) is 0 Å². The summed E-state index contributed by atoms with van der Waals surface area (Å²) in [5.41, 5.74) is 3.42. The highest BCUT2D eigenvalue weighted by molar-refractivity contribution is 6.31. The van der Waals surface area contributed by atoms with Gasteiger partial charge in [0, 0.05) is 11.6 Å². The molecular weight excluding hydrogens is 376 g/mol. The first-order valence-corrected chi connectivity index (χ1v) is 9.14. The number of hydrogen-bond donors (Lipinski definition) is 1. The molecule has 4 rings (SSSR count). The molecule has 2 aromatic carbocycles. The van der Waals surface area contributed by atoms with E-state index in [2.05, 4.69) is 21.2 Å². The SMILES string of the molecule is C#CC(=O)N1CCOc2c1ccc1ncnc(NCc3cccc(Cl)c3C)c21. The Morgan fingerprint density at radius 1 is 1.36 bits per heavy atom. The summed E-state index contributed by atoms with van der Waals surface area (Å²) in [4.78, 5) is 22.4. The van der Waals surface area contributed by atoms with Crippen molar-refractivity contribution in [2.45, 2.75) is 13.5 Å². The summed E-state index contributed by atoms with van der Waals surface area (Å²) >= 11 is 6.22. The maximum atomic E-state index is 12.1. The van der Waals surface area contributed by atoms with Gasteiger partial charge in [-0.25, -0.2) is 9.97 Å². The molecule has 1 aliphatic rings. The van der Waals surface area contributed by atoms with Crippen molar-refractivity contribution in [3.8, 4) is 18.1 Å². The fraction of sp³-hybridized carbons (Fsp3) is 0.190. The number of amides is 1. The maximum absolute atomic E-state index is 12.1. The van der Waals surface area contributed by atoms with Gasteiger partial charge in [0.05, 0.1) is 23.1 Å². The standard InChI is InChI=1S/C21H17ClN4O2/c1-3-18(27)26-9-10-28-20-17(26)8-7-16-19(20)21(25-12-24-16)23-11-14-5-4-6-15(22)13(14)2/h1,4-8,12H,9-11H2,2H3,(H,23,24,25). The molecule has 0 fully saturated rings. The zero-order chi connectivity index (χ0) is 19.7. The highest BCUT2D eigenvalue weighted by Crippen LogP contribution is 2.40. The monoisotopic (exact) mass is 392 g/mol. The van der Waals surface area contributed by atoms with Gasteiger partial charge in [-0.1, -0.05) is 23.7 Å². The van der Waals surface area contributed by atoms with Gasteiger partial charge >= 0.3 is 5.91 Å². The number of carbonyl (C=O) groups excluding carboxylic acids is 1. The Bertz CT molecular complexity index is 1120. The van der Waals surface area contributed by atoms with Crippen LogP contribution in [-0.4, -0.2) is 29.0 Å². The van der Waals surface area contributed by atoms with E-state index >= 15 is 0 Å². The second kappa shape index (κ2) is 7.37. The fourth-order valence-corrected chi connectivity index (χ4v) is 3.47. The van der Waals surface area contributed by atoms with Crippen molar-refractivity contribution in [2.75, 3.05) is 23.4 Å². The summed E-state index contributed by atoms with van der Waals surface area (Å²) in [5.74, 6) is 2.95. The first-order valence-electron chi connectivity index (χ1n) is 8.76. The van der Waals surface area contributed by atoms with Crippen LogP contribution in [0.25, 0.3) is 10.9 Å². The number of halogens is 1. The van der Waals surface area contributed by atoms with Crippen LogP contribution in [0, 0.1) is 19.3 Å². The van der Waals surface area contributed by atoms with Crippen molar-refractivity contribution >= 4 is 39.9 Å². The Morgan fingerprint density at radius 2 is 2.21 bits per heavy atom. The number of hydrogen-bond acceptors (Lipinski definition) is 5. The molecule has 2 heterocycles. The Hall–Kier alpha value is -3.30. The average molecular weight is 393 g/mol. The summed E-state index contributed by atoms with van der Waals surface area (Å²) in [6.45, 7) is 3.27. The number of aromatic nitrogens is 2. The molecule has 140 valence electrons. The third kappa shape index (κ3) is 3.10. The van der Waals surface area contributed by atoms with Gasteiger partial charge in [-0.15, -0.1) is 6.42 Å². The number of nitrogens with one attached hydrogen (secondary N) is 1. The molecule has 1 N–H and O–H groups in total. The van der Waals surface area contributed by atoms with Gasteiger partial charge < -0.3 is 10.1 Å². The molecular formula is C21H17ClN4O2. The Kier molecular flexibility index (Phi) is 4.76. The van der Waals surface area contributed by atoms with Crippen LogP contribution in [0.5, 0.6) is 5.75 Å². The minimum absolute atomic E-state index is 0.348. The van der Waals surface area contributed by atoms with E-state index in [0.717, 1.165) is 16.1 Å². The number of anilines is 2.